The first-order chi connectivity index (χ1) is 12.5. The third-order valence-corrected chi connectivity index (χ3v) is 4.84. The number of piperidine rings is 1. The standard InChI is InChI=1S/C21H25N3O2.ClH/c1-14-6-5-7-16(12-14)20(25)23-18-9-4-3-8-17(18)21(26)24-19-13-22-11-10-15(19)2;/h3-9,12,15,19,22H,10-11,13H2,1-2H3,(H,23,25)(H,24,26);1H. The second-order valence-electron chi connectivity index (χ2n) is 6.92. The van der Waals surface area contributed by atoms with Crippen molar-refractivity contribution >= 4 is 29.9 Å². The first kappa shape index (κ1) is 20.9. The van der Waals surface area contributed by atoms with Crippen LogP contribution in [0, 0.1) is 12.8 Å². The molecule has 6 heteroatoms. The molecular formula is C21H26ClN3O2. The number of hydrogen-bond donors (Lipinski definition) is 3. The maximum Gasteiger partial charge on any atom is 0.255 e. The maximum absolute atomic E-state index is 12.8. The molecule has 0 bridgehead atoms. The molecule has 144 valence electrons. The van der Waals surface area contributed by atoms with E-state index in [2.05, 4.69) is 22.9 Å². The Labute approximate surface area is 166 Å². The summed E-state index contributed by atoms with van der Waals surface area (Å²) in [5.74, 6) is 0.0431. The highest BCUT2D eigenvalue weighted by atomic mass is 35.5. The van der Waals surface area contributed by atoms with E-state index in [9.17, 15) is 9.59 Å². The van der Waals surface area contributed by atoms with Gasteiger partial charge in [0.2, 0.25) is 0 Å². The third kappa shape index (κ3) is 5.31. The highest BCUT2D eigenvalue weighted by molar-refractivity contribution is 6.09. The van der Waals surface area contributed by atoms with Gasteiger partial charge in [-0.05, 0) is 50.1 Å². The average Bonchev–Trinajstić information content (AvgIpc) is 2.64. The summed E-state index contributed by atoms with van der Waals surface area (Å²) in [7, 11) is 0. The molecule has 1 aliphatic rings. The van der Waals surface area contributed by atoms with E-state index in [1.807, 2.05) is 31.2 Å². The molecule has 2 atom stereocenters. The number of carbonyl (C=O) groups excluding carboxylic acids is 2. The van der Waals surface area contributed by atoms with Gasteiger partial charge in [0.05, 0.1) is 11.3 Å². The van der Waals surface area contributed by atoms with Crippen LogP contribution in [0.4, 0.5) is 5.69 Å². The highest BCUT2D eigenvalue weighted by Gasteiger charge is 2.24. The van der Waals surface area contributed by atoms with E-state index < -0.39 is 0 Å². The monoisotopic (exact) mass is 387 g/mol. The zero-order valence-corrected chi connectivity index (χ0v) is 16.4. The Morgan fingerprint density at radius 1 is 1.07 bits per heavy atom. The van der Waals surface area contributed by atoms with Crippen LogP contribution in [0.3, 0.4) is 0 Å². The molecule has 2 aromatic rings. The van der Waals surface area contributed by atoms with Gasteiger partial charge in [-0.25, -0.2) is 0 Å². The van der Waals surface area contributed by atoms with Crippen LogP contribution in [0.1, 0.15) is 39.6 Å². The number of halogens is 1. The smallest absolute Gasteiger partial charge is 0.255 e. The van der Waals surface area contributed by atoms with Crippen molar-refractivity contribution in [2.24, 2.45) is 5.92 Å². The zero-order chi connectivity index (χ0) is 18.5. The molecule has 1 saturated heterocycles. The van der Waals surface area contributed by atoms with E-state index in [4.69, 9.17) is 0 Å². The number of para-hydroxylation sites is 1. The molecule has 0 saturated carbocycles. The lowest BCUT2D eigenvalue weighted by atomic mass is 9.94. The fourth-order valence-corrected chi connectivity index (χ4v) is 3.20. The van der Waals surface area contributed by atoms with Gasteiger partial charge in [0.15, 0.2) is 0 Å². The van der Waals surface area contributed by atoms with E-state index in [1.165, 1.54) is 0 Å². The summed E-state index contributed by atoms with van der Waals surface area (Å²) >= 11 is 0. The Morgan fingerprint density at radius 2 is 1.85 bits per heavy atom. The second-order valence-corrected chi connectivity index (χ2v) is 6.92. The van der Waals surface area contributed by atoms with Crippen molar-refractivity contribution in [1.82, 2.24) is 10.6 Å². The van der Waals surface area contributed by atoms with E-state index >= 15 is 0 Å². The van der Waals surface area contributed by atoms with Crippen LogP contribution in [0.25, 0.3) is 0 Å². The summed E-state index contributed by atoms with van der Waals surface area (Å²) in [6.07, 6.45) is 1.04. The lowest BCUT2D eigenvalue weighted by Gasteiger charge is -2.30. The van der Waals surface area contributed by atoms with Crippen LogP contribution in [0.2, 0.25) is 0 Å². The van der Waals surface area contributed by atoms with Gasteiger partial charge in [0.25, 0.3) is 11.8 Å². The van der Waals surface area contributed by atoms with Gasteiger partial charge in [0.1, 0.15) is 0 Å². The SMILES string of the molecule is Cc1cccc(C(=O)Nc2ccccc2C(=O)NC2CNCCC2C)c1.Cl. The van der Waals surface area contributed by atoms with Gasteiger partial charge in [-0.3, -0.25) is 9.59 Å². The van der Waals surface area contributed by atoms with Crippen molar-refractivity contribution in [3.8, 4) is 0 Å². The van der Waals surface area contributed by atoms with Gasteiger partial charge in [-0.2, -0.15) is 0 Å². The van der Waals surface area contributed by atoms with Crippen LogP contribution < -0.4 is 16.0 Å². The van der Waals surface area contributed by atoms with Crippen molar-refractivity contribution in [2.45, 2.75) is 26.3 Å². The number of carbonyl (C=O) groups is 2. The summed E-state index contributed by atoms with van der Waals surface area (Å²) in [4.78, 5) is 25.3. The second kappa shape index (κ2) is 9.53. The predicted octanol–water partition coefficient (Wildman–Crippen LogP) is 3.40. The first-order valence-corrected chi connectivity index (χ1v) is 9.03. The van der Waals surface area contributed by atoms with E-state index in [-0.39, 0.29) is 30.3 Å². The quantitative estimate of drug-likeness (QED) is 0.753. The van der Waals surface area contributed by atoms with Crippen LogP contribution in [-0.4, -0.2) is 30.9 Å². The minimum atomic E-state index is -0.221. The summed E-state index contributed by atoms with van der Waals surface area (Å²) in [5, 5.41) is 9.27. The number of rotatable bonds is 4. The Kier molecular flexibility index (Phi) is 7.39. The molecule has 1 fully saturated rings. The molecule has 0 aromatic heterocycles. The largest absolute Gasteiger partial charge is 0.348 e. The van der Waals surface area contributed by atoms with Crippen LogP contribution in [-0.2, 0) is 0 Å². The van der Waals surface area contributed by atoms with Crippen molar-refractivity contribution in [2.75, 3.05) is 18.4 Å². The van der Waals surface area contributed by atoms with Gasteiger partial charge < -0.3 is 16.0 Å². The van der Waals surface area contributed by atoms with E-state index in [0.29, 0.717) is 22.7 Å². The average molecular weight is 388 g/mol. The minimum Gasteiger partial charge on any atom is -0.348 e. The van der Waals surface area contributed by atoms with Crippen LogP contribution in [0.5, 0.6) is 0 Å². The summed E-state index contributed by atoms with van der Waals surface area (Å²) < 4.78 is 0. The van der Waals surface area contributed by atoms with Crippen molar-refractivity contribution in [3.63, 3.8) is 0 Å². The number of hydrogen-bond acceptors (Lipinski definition) is 3. The highest BCUT2D eigenvalue weighted by Crippen LogP contribution is 2.18. The summed E-state index contributed by atoms with van der Waals surface area (Å²) in [6.45, 7) is 5.84. The third-order valence-electron chi connectivity index (χ3n) is 4.84. The lowest BCUT2D eigenvalue weighted by molar-refractivity contribution is 0.0916. The fraction of sp³-hybridized carbons (Fsp3) is 0.333. The van der Waals surface area contributed by atoms with Gasteiger partial charge in [-0.1, -0.05) is 36.8 Å². The molecule has 5 nitrogen and oxygen atoms in total. The number of nitrogens with one attached hydrogen (secondary N) is 3. The molecule has 27 heavy (non-hydrogen) atoms. The topological polar surface area (TPSA) is 70.2 Å². The molecular weight excluding hydrogens is 362 g/mol. The Bertz CT molecular complexity index is 810. The van der Waals surface area contributed by atoms with Crippen molar-refractivity contribution in [1.29, 1.82) is 0 Å². The molecule has 3 N–H and O–H groups in total. The van der Waals surface area contributed by atoms with Crippen LogP contribution >= 0.6 is 12.4 Å². The maximum atomic E-state index is 12.8. The molecule has 2 aromatic carbocycles. The fourth-order valence-electron chi connectivity index (χ4n) is 3.20. The van der Waals surface area contributed by atoms with E-state index in [0.717, 1.165) is 25.1 Å². The zero-order valence-electron chi connectivity index (χ0n) is 15.6. The molecule has 2 unspecified atom stereocenters. The Balaban J connectivity index is 0.00000261. The molecule has 0 radical (unpaired) electrons. The molecule has 1 heterocycles. The van der Waals surface area contributed by atoms with Gasteiger partial charge in [-0.15, -0.1) is 12.4 Å². The molecule has 2 amide bonds. The summed E-state index contributed by atoms with van der Waals surface area (Å²) in [5.41, 5.74) is 2.59. The van der Waals surface area contributed by atoms with Gasteiger partial charge >= 0.3 is 0 Å². The molecule has 0 spiro atoms. The Morgan fingerprint density at radius 3 is 2.59 bits per heavy atom. The molecule has 0 aliphatic carbocycles. The number of aryl methyl sites for hydroxylation is 1. The minimum absolute atomic E-state index is 0. The lowest BCUT2D eigenvalue weighted by Crippen LogP contribution is -2.50. The van der Waals surface area contributed by atoms with Crippen LogP contribution in [0.15, 0.2) is 48.5 Å². The van der Waals surface area contributed by atoms with E-state index in [1.54, 1.807) is 24.3 Å². The molecule has 3 rings (SSSR count). The number of anilines is 1. The number of benzene rings is 2. The summed E-state index contributed by atoms with van der Waals surface area (Å²) in [6, 6.07) is 14.6. The molecule has 1 aliphatic heterocycles. The normalized spacial score (nSPS) is 18.9. The number of amides is 2. The van der Waals surface area contributed by atoms with Crippen molar-refractivity contribution < 1.29 is 9.59 Å². The Hall–Kier alpha value is -2.37. The first-order valence-electron chi connectivity index (χ1n) is 9.03. The predicted molar refractivity (Wildman–Crippen MR) is 111 cm³/mol. The van der Waals surface area contributed by atoms with Gasteiger partial charge in [0, 0.05) is 18.2 Å². The van der Waals surface area contributed by atoms with Crippen molar-refractivity contribution in [3.05, 3.63) is 65.2 Å².